The van der Waals surface area contributed by atoms with Crippen LogP contribution in [0.3, 0.4) is 0 Å². The number of rotatable bonds is 7. The third-order valence-corrected chi connectivity index (χ3v) is 4.81. The molecule has 0 saturated heterocycles. The summed E-state index contributed by atoms with van der Waals surface area (Å²) in [7, 11) is 5.24. The predicted molar refractivity (Wildman–Crippen MR) is 110 cm³/mol. The lowest BCUT2D eigenvalue weighted by molar-refractivity contribution is -0.120. The second-order valence-electron chi connectivity index (χ2n) is 7.05. The van der Waals surface area contributed by atoms with Crippen LogP contribution >= 0.6 is 0 Å². The summed E-state index contributed by atoms with van der Waals surface area (Å²) in [5.41, 5.74) is 5.11. The number of hydrogen-bond donors (Lipinski definition) is 1. The quantitative estimate of drug-likeness (QED) is 0.798. The van der Waals surface area contributed by atoms with Crippen LogP contribution in [-0.4, -0.2) is 38.1 Å². The molecule has 1 unspecified atom stereocenters. The first-order chi connectivity index (χ1) is 12.8. The number of aryl methyl sites for hydroxylation is 3. The summed E-state index contributed by atoms with van der Waals surface area (Å²) in [6.45, 7) is 8.63. The highest BCUT2D eigenvalue weighted by atomic mass is 16.5. The molecule has 2 aromatic rings. The summed E-state index contributed by atoms with van der Waals surface area (Å²) in [4.78, 5) is 14.8. The van der Waals surface area contributed by atoms with Gasteiger partial charge in [-0.1, -0.05) is 18.2 Å². The number of carbonyl (C=O) groups is 1. The first-order valence-electron chi connectivity index (χ1n) is 9.06. The molecule has 0 aliphatic heterocycles. The van der Waals surface area contributed by atoms with Crippen LogP contribution in [0.4, 0.5) is 5.69 Å². The lowest BCUT2D eigenvalue weighted by Gasteiger charge is -2.25. The van der Waals surface area contributed by atoms with Gasteiger partial charge in [-0.05, 0) is 69.1 Å². The van der Waals surface area contributed by atoms with E-state index in [-0.39, 0.29) is 11.9 Å². The number of ether oxygens (including phenoxy) is 2. The molecule has 0 heterocycles. The Kier molecular flexibility index (Phi) is 6.86. The molecule has 146 valence electrons. The maximum atomic E-state index is 12.7. The number of methoxy groups -OCH3 is 2. The zero-order valence-electron chi connectivity index (χ0n) is 17.3. The molecule has 27 heavy (non-hydrogen) atoms. The van der Waals surface area contributed by atoms with Gasteiger partial charge in [0.1, 0.15) is 11.5 Å². The van der Waals surface area contributed by atoms with Crippen molar-refractivity contribution in [1.29, 1.82) is 0 Å². The number of nitrogens with one attached hydrogen (secondary N) is 1. The number of anilines is 1. The summed E-state index contributed by atoms with van der Waals surface area (Å²) in [6, 6.07) is 9.66. The molecule has 0 saturated carbocycles. The molecule has 2 rings (SSSR count). The third-order valence-electron chi connectivity index (χ3n) is 4.81. The first kappa shape index (κ1) is 20.8. The first-order valence-corrected chi connectivity index (χ1v) is 9.06. The molecular weight excluding hydrogens is 340 g/mol. The maximum absolute atomic E-state index is 12.7. The fourth-order valence-corrected chi connectivity index (χ4v) is 3.23. The van der Waals surface area contributed by atoms with Crippen LogP contribution < -0.4 is 14.8 Å². The summed E-state index contributed by atoms with van der Waals surface area (Å²) in [5, 5.41) is 2.98. The molecule has 5 nitrogen and oxygen atoms in total. The number of hydrogen-bond acceptors (Lipinski definition) is 4. The average Bonchev–Trinajstić information content (AvgIpc) is 2.61. The van der Waals surface area contributed by atoms with Gasteiger partial charge in [0.25, 0.3) is 0 Å². The van der Waals surface area contributed by atoms with E-state index in [2.05, 4.69) is 17.4 Å². The van der Waals surface area contributed by atoms with Gasteiger partial charge in [0.15, 0.2) is 0 Å². The molecule has 1 amide bonds. The molecule has 0 aromatic heterocycles. The topological polar surface area (TPSA) is 50.8 Å². The monoisotopic (exact) mass is 370 g/mol. The van der Waals surface area contributed by atoms with Gasteiger partial charge in [-0.2, -0.15) is 0 Å². The van der Waals surface area contributed by atoms with Crippen molar-refractivity contribution in [2.24, 2.45) is 0 Å². The fraction of sp³-hybridized carbons (Fsp3) is 0.409. The highest BCUT2D eigenvalue weighted by Crippen LogP contribution is 2.27. The smallest absolute Gasteiger partial charge is 0.241 e. The molecule has 1 N–H and O–H groups in total. The maximum Gasteiger partial charge on any atom is 0.241 e. The van der Waals surface area contributed by atoms with Gasteiger partial charge in [0, 0.05) is 6.54 Å². The van der Waals surface area contributed by atoms with Crippen LogP contribution in [0.5, 0.6) is 11.5 Å². The number of likely N-dealkylation sites (N-methyl/N-ethyl adjacent to an activating group) is 1. The molecule has 0 fully saturated rings. The van der Waals surface area contributed by atoms with E-state index in [4.69, 9.17) is 9.47 Å². The molecule has 1 atom stereocenters. The van der Waals surface area contributed by atoms with Gasteiger partial charge in [-0.15, -0.1) is 0 Å². The van der Waals surface area contributed by atoms with Crippen LogP contribution in [0.25, 0.3) is 0 Å². The van der Waals surface area contributed by atoms with Gasteiger partial charge in [0.2, 0.25) is 5.91 Å². The zero-order valence-corrected chi connectivity index (χ0v) is 17.3. The lowest BCUT2D eigenvalue weighted by Crippen LogP contribution is -2.39. The van der Waals surface area contributed by atoms with Crippen molar-refractivity contribution in [3.8, 4) is 11.5 Å². The van der Waals surface area contributed by atoms with Crippen LogP contribution in [0.15, 0.2) is 30.3 Å². The van der Waals surface area contributed by atoms with Crippen molar-refractivity contribution < 1.29 is 14.3 Å². The van der Waals surface area contributed by atoms with Crippen LogP contribution in [0, 0.1) is 20.8 Å². The Bertz CT molecular complexity index is 794. The Hall–Kier alpha value is -2.53. The van der Waals surface area contributed by atoms with Crippen LogP contribution in [-0.2, 0) is 11.3 Å². The van der Waals surface area contributed by atoms with Crippen molar-refractivity contribution in [2.45, 2.75) is 40.3 Å². The van der Waals surface area contributed by atoms with Gasteiger partial charge in [0.05, 0.1) is 25.9 Å². The molecule has 5 heteroatoms. The third kappa shape index (κ3) is 5.01. The Balaban J connectivity index is 2.10. The van der Waals surface area contributed by atoms with Crippen molar-refractivity contribution in [1.82, 2.24) is 4.90 Å². The minimum Gasteiger partial charge on any atom is -0.496 e. The standard InChI is InChI=1S/C22H30N2O3/c1-14-8-9-20(26-6)19(10-14)23-22(25)17(4)24(5)13-18-11-15(2)21(27-7)16(3)12-18/h8-12,17H,13H2,1-7H3,(H,23,25). The van der Waals surface area contributed by atoms with Crippen LogP contribution in [0.2, 0.25) is 0 Å². The highest BCUT2D eigenvalue weighted by molar-refractivity contribution is 5.95. The Morgan fingerprint density at radius 1 is 1.07 bits per heavy atom. The van der Waals surface area contributed by atoms with E-state index in [9.17, 15) is 4.79 Å². The molecular formula is C22H30N2O3. The van der Waals surface area contributed by atoms with E-state index >= 15 is 0 Å². The van der Waals surface area contributed by atoms with E-state index in [0.29, 0.717) is 18.0 Å². The normalized spacial score (nSPS) is 12.0. The van der Waals surface area contributed by atoms with Crippen molar-refractivity contribution in [2.75, 3.05) is 26.6 Å². The fourth-order valence-electron chi connectivity index (χ4n) is 3.23. The van der Waals surface area contributed by atoms with Crippen LogP contribution in [0.1, 0.15) is 29.2 Å². The molecule has 0 radical (unpaired) electrons. The van der Waals surface area contributed by atoms with Gasteiger partial charge in [-0.3, -0.25) is 9.69 Å². The molecule has 0 bridgehead atoms. The number of carbonyl (C=O) groups excluding carboxylic acids is 1. The minimum atomic E-state index is -0.294. The summed E-state index contributed by atoms with van der Waals surface area (Å²) < 4.78 is 10.8. The average molecular weight is 370 g/mol. The number of benzene rings is 2. The zero-order chi connectivity index (χ0) is 20.1. The Morgan fingerprint density at radius 2 is 1.70 bits per heavy atom. The van der Waals surface area contributed by atoms with E-state index in [1.54, 1.807) is 14.2 Å². The molecule has 0 aliphatic rings. The Morgan fingerprint density at radius 3 is 2.26 bits per heavy atom. The summed E-state index contributed by atoms with van der Waals surface area (Å²) in [6.07, 6.45) is 0. The predicted octanol–water partition coefficient (Wildman–Crippen LogP) is 4.09. The van der Waals surface area contributed by atoms with Gasteiger partial charge in [-0.25, -0.2) is 0 Å². The summed E-state index contributed by atoms with van der Waals surface area (Å²) >= 11 is 0. The van der Waals surface area contributed by atoms with E-state index < -0.39 is 0 Å². The minimum absolute atomic E-state index is 0.0663. The Labute approximate surface area is 162 Å². The van der Waals surface area contributed by atoms with Crippen molar-refractivity contribution >= 4 is 11.6 Å². The number of nitrogens with zero attached hydrogens (tertiary/aromatic N) is 1. The largest absolute Gasteiger partial charge is 0.496 e. The van der Waals surface area contributed by atoms with E-state index in [1.807, 2.05) is 57.8 Å². The lowest BCUT2D eigenvalue weighted by atomic mass is 10.0. The van der Waals surface area contributed by atoms with Gasteiger partial charge >= 0.3 is 0 Å². The highest BCUT2D eigenvalue weighted by Gasteiger charge is 2.20. The van der Waals surface area contributed by atoms with E-state index in [0.717, 1.165) is 28.0 Å². The summed E-state index contributed by atoms with van der Waals surface area (Å²) in [5.74, 6) is 1.51. The SMILES string of the molecule is COc1ccc(C)cc1NC(=O)C(C)N(C)Cc1cc(C)c(OC)c(C)c1. The second kappa shape index (κ2) is 8.91. The van der Waals surface area contributed by atoms with Crippen molar-refractivity contribution in [3.63, 3.8) is 0 Å². The second-order valence-corrected chi connectivity index (χ2v) is 7.05. The van der Waals surface area contributed by atoms with Gasteiger partial charge < -0.3 is 14.8 Å². The number of amides is 1. The molecule has 0 spiro atoms. The van der Waals surface area contributed by atoms with Crippen molar-refractivity contribution in [3.05, 3.63) is 52.6 Å². The molecule has 2 aromatic carbocycles. The molecule has 0 aliphatic carbocycles. The van der Waals surface area contributed by atoms with E-state index in [1.165, 1.54) is 0 Å².